The molecule has 0 bridgehead atoms. The van der Waals surface area contributed by atoms with Crippen molar-refractivity contribution < 1.29 is 22.7 Å². The third-order valence-electron chi connectivity index (χ3n) is 4.85. The van der Waals surface area contributed by atoms with E-state index < -0.39 is 22.6 Å². The Balaban J connectivity index is 1.72. The molecule has 1 fully saturated rings. The molecule has 7 heteroatoms. The van der Waals surface area contributed by atoms with E-state index in [0.717, 1.165) is 19.3 Å². The first kappa shape index (κ1) is 20.2. The van der Waals surface area contributed by atoms with Crippen LogP contribution in [0.3, 0.4) is 0 Å². The van der Waals surface area contributed by atoms with Gasteiger partial charge in [0.2, 0.25) is 10.0 Å². The summed E-state index contributed by atoms with van der Waals surface area (Å²) in [6.45, 7) is 1.97. The number of ketones is 1. The van der Waals surface area contributed by atoms with Crippen LogP contribution in [0.15, 0.2) is 59.5 Å². The average molecular weight is 401 g/mol. The van der Waals surface area contributed by atoms with Crippen LogP contribution in [0.1, 0.15) is 46.9 Å². The van der Waals surface area contributed by atoms with Gasteiger partial charge in [-0.25, -0.2) is 13.2 Å². The molecular weight excluding hydrogens is 378 g/mol. The van der Waals surface area contributed by atoms with Gasteiger partial charge in [0.25, 0.3) is 0 Å². The molecule has 0 unspecified atom stereocenters. The fraction of sp³-hybridized carbons (Fsp3) is 0.333. The Kier molecular flexibility index (Phi) is 6.26. The van der Waals surface area contributed by atoms with Crippen LogP contribution < -0.4 is 0 Å². The van der Waals surface area contributed by atoms with E-state index in [-0.39, 0.29) is 22.3 Å². The van der Waals surface area contributed by atoms with Gasteiger partial charge in [0, 0.05) is 18.2 Å². The van der Waals surface area contributed by atoms with Crippen molar-refractivity contribution in [3.63, 3.8) is 0 Å². The first-order chi connectivity index (χ1) is 13.4. The van der Waals surface area contributed by atoms with Crippen molar-refractivity contribution in [2.75, 3.05) is 13.2 Å². The summed E-state index contributed by atoms with van der Waals surface area (Å²) in [6, 6.07) is 14.2. The SMILES string of the molecule is C[C@H]1CCCCN1S(=O)(=O)c1cccc(C(=O)OCC(=O)c2ccccc2)c1. The minimum atomic E-state index is -3.68. The summed E-state index contributed by atoms with van der Waals surface area (Å²) in [5.74, 6) is -1.05. The van der Waals surface area contributed by atoms with Crippen LogP contribution in [-0.4, -0.2) is 43.7 Å². The monoisotopic (exact) mass is 401 g/mol. The smallest absolute Gasteiger partial charge is 0.338 e. The minimum absolute atomic E-state index is 0.0603. The molecule has 0 saturated carbocycles. The van der Waals surface area contributed by atoms with Crippen LogP contribution in [0.25, 0.3) is 0 Å². The summed E-state index contributed by atoms with van der Waals surface area (Å²) in [5, 5.41) is 0. The van der Waals surface area contributed by atoms with E-state index in [1.807, 2.05) is 6.92 Å². The molecule has 1 saturated heterocycles. The highest BCUT2D eigenvalue weighted by molar-refractivity contribution is 7.89. The molecule has 0 radical (unpaired) electrons. The van der Waals surface area contributed by atoms with E-state index in [1.54, 1.807) is 30.3 Å². The molecule has 0 aromatic heterocycles. The van der Waals surface area contributed by atoms with Crippen molar-refractivity contribution >= 4 is 21.8 Å². The third-order valence-corrected chi connectivity index (χ3v) is 6.86. The van der Waals surface area contributed by atoms with E-state index in [4.69, 9.17) is 4.74 Å². The predicted octanol–water partition coefficient (Wildman–Crippen LogP) is 3.29. The maximum Gasteiger partial charge on any atom is 0.338 e. The maximum absolute atomic E-state index is 12.9. The van der Waals surface area contributed by atoms with E-state index in [1.165, 1.54) is 28.6 Å². The van der Waals surface area contributed by atoms with Gasteiger partial charge >= 0.3 is 5.97 Å². The van der Waals surface area contributed by atoms with Crippen LogP contribution in [0.2, 0.25) is 0 Å². The quantitative estimate of drug-likeness (QED) is 0.548. The lowest BCUT2D eigenvalue weighted by Crippen LogP contribution is -2.41. The van der Waals surface area contributed by atoms with Crippen LogP contribution in [0, 0.1) is 0 Å². The number of hydrogen-bond acceptors (Lipinski definition) is 5. The Morgan fingerprint density at radius 2 is 1.75 bits per heavy atom. The number of hydrogen-bond donors (Lipinski definition) is 0. The summed E-state index contributed by atoms with van der Waals surface area (Å²) < 4.78 is 32.5. The molecular formula is C21H23NO5S. The number of carbonyl (C=O) groups excluding carboxylic acids is 2. The number of nitrogens with zero attached hydrogens (tertiary/aromatic N) is 1. The Hall–Kier alpha value is -2.51. The molecule has 1 aliphatic rings. The zero-order chi connectivity index (χ0) is 20.1. The number of Topliss-reactive ketones (excluding diaryl/α,β-unsaturated/α-hetero) is 1. The molecule has 0 N–H and O–H groups in total. The molecule has 0 aliphatic carbocycles. The van der Waals surface area contributed by atoms with Gasteiger partial charge < -0.3 is 4.74 Å². The van der Waals surface area contributed by atoms with Gasteiger partial charge in [-0.3, -0.25) is 4.79 Å². The Morgan fingerprint density at radius 1 is 1.04 bits per heavy atom. The third kappa shape index (κ3) is 4.48. The van der Waals surface area contributed by atoms with Crippen molar-refractivity contribution in [2.45, 2.75) is 37.1 Å². The summed E-state index contributed by atoms with van der Waals surface area (Å²) >= 11 is 0. The number of benzene rings is 2. The van der Waals surface area contributed by atoms with E-state index in [0.29, 0.717) is 12.1 Å². The second-order valence-corrected chi connectivity index (χ2v) is 8.74. The average Bonchev–Trinajstić information content (AvgIpc) is 2.72. The van der Waals surface area contributed by atoms with Gasteiger partial charge in [0.15, 0.2) is 12.4 Å². The molecule has 0 amide bonds. The lowest BCUT2D eigenvalue weighted by Gasteiger charge is -2.32. The van der Waals surface area contributed by atoms with E-state index in [9.17, 15) is 18.0 Å². The molecule has 2 aromatic rings. The zero-order valence-corrected chi connectivity index (χ0v) is 16.5. The Morgan fingerprint density at radius 3 is 2.46 bits per heavy atom. The first-order valence-corrected chi connectivity index (χ1v) is 10.7. The molecule has 6 nitrogen and oxygen atoms in total. The molecule has 1 atom stereocenters. The predicted molar refractivity (Wildman–Crippen MR) is 105 cm³/mol. The Labute approximate surface area is 165 Å². The van der Waals surface area contributed by atoms with Crippen LogP contribution in [0.4, 0.5) is 0 Å². The number of piperidine rings is 1. The topological polar surface area (TPSA) is 80.8 Å². The van der Waals surface area contributed by atoms with Crippen LogP contribution in [0.5, 0.6) is 0 Å². The van der Waals surface area contributed by atoms with Crippen molar-refractivity contribution in [1.29, 1.82) is 0 Å². The molecule has 1 heterocycles. The number of ether oxygens (including phenoxy) is 1. The first-order valence-electron chi connectivity index (χ1n) is 9.27. The van der Waals surface area contributed by atoms with Crippen molar-refractivity contribution in [3.8, 4) is 0 Å². The maximum atomic E-state index is 12.9. The van der Waals surface area contributed by atoms with Crippen LogP contribution >= 0.6 is 0 Å². The number of sulfonamides is 1. The number of rotatable bonds is 6. The van der Waals surface area contributed by atoms with Crippen molar-refractivity contribution in [3.05, 3.63) is 65.7 Å². The van der Waals surface area contributed by atoms with Gasteiger partial charge in [-0.05, 0) is 38.0 Å². The number of carbonyl (C=O) groups is 2. The normalized spacial score (nSPS) is 17.8. The lowest BCUT2D eigenvalue weighted by molar-refractivity contribution is 0.0474. The van der Waals surface area contributed by atoms with Crippen molar-refractivity contribution in [2.24, 2.45) is 0 Å². The van der Waals surface area contributed by atoms with Crippen molar-refractivity contribution in [1.82, 2.24) is 4.31 Å². The van der Waals surface area contributed by atoms with Gasteiger partial charge in [-0.1, -0.05) is 42.8 Å². The summed E-state index contributed by atoms with van der Waals surface area (Å²) in [6.07, 6.45) is 2.66. The largest absolute Gasteiger partial charge is 0.454 e. The molecule has 0 spiro atoms. The highest BCUT2D eigenvalue weighted by Crippen LogP contribution is 2.25. The second kappa shape index (κ2) is 8.67. The van der Waals surface area contributed by atoms with E-state index in [2.05, 4.69) is 0 Å². The molecule has 1 aliphatic heterocycles. The number of esters is 1. The fourth-order valence-electron chi connectivity index (χ4n) is 3.27. The van der Waals surface area contributed by atoms with Gasteiger partial charge in [0.1, 0.15) is 0 Å². The minimum Gasteiger partial charge on any atom is -0.454 e. The Bertz CT molecular complexity index is 956. The van der Waals surface area contributed by atoms with Gasteiger partial charge in [-0.15, -0.1) is 0 Å². The van der Waals surface area contributed by atoms with Crippen LogP contribution in [-0.2, 0) is 14.8 Å². The second-order valence-electron chi connectivity index (χ2n) is 6.85. The van der Waals surface area contributed by atoms with Gasteiger partial charge in [0.05, 0.1) is 10.5 Å². The lowest BCUT2D eigenvalue weighted by atomic mass is 10.1. The summed E-state index contributed by atoms with van der Waals surface area (Å²) in [5.41, 5.74) is 0.553. The summed E-state index contributed by atoms with van der Waals surface area (Å²) in [4.78, 5) is 24.4. The highest BCUT2D eigenvalue weighted by atomic mass is 32.2. The molecule has 3 rings (SSSR count). The molecule has 148 valence electrons. The fourth-order valence-corrected chi connectivity index (χ4v) is 5.02. The summed E-state index contributed by atoms with van der Waals surface area (Å²) in [7, 11) is -3.68. The highest BCUT2D eigenvalue weighted by Gasteiger charge is 2.31. The molecule has 28 heavy (non-hydrogen) atoms. The molecule has 2 aromatic carbocycles. The van der Waals surface area contributed by atoms with E-state index >= 15 is 0 Å². The standard InChI is InChI=1S/C21H23NO5S/c1-16-8-5-6-13-22(16)28(25,26)19-12-7-11-18(14-19)21(24)27-15-20(23)17-9-3-2-4-10-17/h2-4,7,9-12,14,16H,5-6,8,13,15H2,1H3/t16-/m0/s1. The van der Waals surface area contributed by atoms with Gasteiger partial charge in [-0.2, -0.15) is 4.31 Å². The zero-order valence-electron chi connectivity index (χ0n) is 15.7.